The van der Waals surface area contributed by atoms with Crippen LogP contribution < -0.4 is 0 Å². The fourth-order valence-electron chi connectivity index (χ4n) is 3.50. The summed E-state index contributed by atoms with van der Waals surface area (Å²) in [5.74, 6) is 1.07. The molecule has 0 aliphatic heterocycles. The van der Waals surface area contributed by atoms with E-state index in [2.05, 4.69) is 56.3 Å². The number of halogens is 2. The minimum Gasteiger partial charge on any atom is -0.227 e. The van der Waals surface area contributed by atoms with E-state index in [1.807, 2.05) is 50.2 Å². The highest BCUT2D eigenvalue weighted by molar-refractivity contribution is 6.28. The predicted molar refractivity (Wildman–Crippen MR) is 131 cm³/mol. The minimum atomic E-state index is 0.310. The van der Waals surface area contributed by atoms with Crippen molar-refractivity contribution in [1.82, 2.24) is 19.9 Å². The van der Waals surface area contributed by atoms with Gasteiger partial charge in [-0.1, -0.05) is 66.7 Å². The molecule has 0 radical (unpaired) electrons. The molecule has 4 aromatic rings. The van der Waals surface area contributed by atoms with Crippen LogP contribution in [0.3, 0.4) is 0 Å². The zero-order chi connectivity index (χ0) is 22.8. The molecule has 32 heavy (non-hydrogen) atoms. The topological polar surface area (TPSA) is 51.6 Å². The fourth-order valence-corrected chi connectivity index (χ4v) is 3.92. The molecular formula is C26H26Cl2N4. The van der Waals surface area contributed by atoms with Crippen LogP contribution in [-0.4, -0.2) is 19.9 Å². The lowest BCUT2D eigenvalue weighted by molar-refractivity contribution is 0.339. The van der Waals surface area contributed by atoms with Crippen molar-refractivity contribution < 1.29 is 0 Å². The van der Waals surface area contributed by atoms with E-state index in [0.717, 1.165) is 17.1 Å². The van der Waals surface area contributed by atoms with Crippen molar-refractivity contribution >= 4 is 23.2 Å². The quantitative estimate of drug-likeness (QED) is 0.293. The van der Waals surface area contributed by atoms with Crippen molar-refractivity contribution in [2.45, 2.75) is 38.5 Å². The minimum absolute atomic E-state index is 0.310. The average molecular weight is 465 g/mol. The van der Waals surface area contributed by atoms with Gasteiger partial charge in [-0.25, -0.2) is 19.9 Å². The van der Waals surface area contributed by atoms with Crippen LogP contribution in [0.5, 0.6) is 0 Å². The molecule has 0 bridgehead atoms. The van der Waals surface area contributed by atoms with Gasteiger partial charge in [0, 0.05) is 29.2 Å². The number of hydrogen-bond donors (Lipinski definition) is 0. The molecule has 5 rings (SSSR count). The summed E-state index contributed by atoms with van der Waals surface area (Å²) >= 11 is 11.4. The largest absolute Gasteiger partial charge is 0.227 e. The Labute approximate surface area is 199 Å². The van der Waals surface area contributed by atoms with Gasteiger partial charge in [0.2, 0.25) is 10.6 Å². The maximum absolute atomic E-state index is 5.95. The van der Waals surface area contributed by atoms with Gasteiger partial charge in [0.05, 0.1) is 0 Å². The van der Waals surface area contributed by atoms with E-state index in [-0.39, 0.29) is 0 Å². The first kappa shape index (κ1) is 23.8. The zero-order valence-corrected chi connectivity index (χ0v) is 19.7. The molecule has 2 aromatic carbocycles. The van der Waals surface area contributed by atoms with Crippen LogP contribution in [0.15, 0.2) is 85.1 Å². The van der Waals surface area contributed by atoms with Gasteiger partial charge < -0.3 is 0 Å². The Morgan fingerprint density at radius 2 is 1.22 bits per heavy atom. The molecule has 2 atom stereocenters. The number of aryl methyl sites for hydroxylation is 2. The van der Waals surface area contributed by atoms with Crippen LogP contribution in [0.2, 0.25) is 10.6 Å². The number of aromatic nitrogens is 4. The Kier molecular flexibility index (Phi) is 9.14. The zero-order valence-electron chi connectivity index (χ0n) is 18.2. The number of nitrogens with zero attached hydrogens (tertiary/aromatic N) is 4. The second-order valence-electron chi connectivity index (χ2n) is 7.53. The molecule has 0 spiro atoms. The molecule has 2 heterocycles. The van der Waals surface area contributed by atoms with E-state index in [1.165, 1.54) is 18.4 Å². The lowest BCUT2D eigenvalue weighted by Gasteiger charge is -2.36. The first-order valence-corrected chi connectivity index (χ1v) is 11.3. The summed E-state index contributed by atoms with van der Waals surface area (Å²) in [6.45, 7) is 3.83. The molecule has 0 saturated heterocycles. The molecule has 6 heteroatoms. The van der Waals surface area contributed by atoms with E-state index in [0.29, 0.717) is 22.4 Å². The molecule has 164 valence electrons. The van der Waals surface area contributed by atoms with Crippen molar-refractivity contribution in [3.63, 3.8) is 0 Å². The van der Waals surface area contributed by atoms with Crippen molar-refractivity contribution in [3.05, 3.63) is 118 Å². The Bertz CT molecular complexity index is 1030. The Morgan fingerprint density at radius 3 is 1.69 bits per heavy atom. The lowest BCUT2D eigenvalue weighted by Crippen LogP contribution is -2.23. The van der Waals surface area contributed by atoms with Crippen LogP contribution in [-0.2, 0) is 0 Å². The summed E-state index contributed by atoms with van der Waals surface area (Å²) < 4.78 is 0. The summed E-state index contributed by atoms with van der Waals surface area (Å²) in [4.78, 5) is 16.0. The summed E-state index contributed by atoms with van der Waals surface area (Å²) in [7, 11) is 0. The van der Waals surface area contributed by atoms with Gasteiger partial charge in [0.25, 0.3) is 0 Å². The van der Waals surface area contributed by atoms with Gasteiger partial charge in [-0.15, -0.1) is 0 Å². The Morgan fingerprint density at radius 1 is 0.656 bits per heavy atom. The van der Waals surface area contributed by atoms with Crippen LogP contribution in [0, 0.1) is 13.8 Å². The van der Waals surface area contributed by atoms with Gasteiger partial charge in [0.1, 0.15) is 0 Å². The van der Waals surface area contributed by atoms with E-state index in [4.69, 9.17) is 23.2 Å². The standard InChI is InChI=1S/C15H15ClN2.C6H6.C5H5ClN2/c1-10-9-14(18-15(16)17-10)13-8-7-12(13)11-5-3-2-4-6-11;1-2-4-6-5-3-1;1-4-2-3-7-5(6)8-4/h2-6,9,12-13H,7-8H2,1H3;1-6H;2-3H,1H3. The molecule has 2 aromatic heterocycles. The van der Waals surface area contributed by atoms with Gasteiger partial charge in [0.15, 0.2) is 0 Å². The average Bonchev–Trinajstić information content (AvgIpc) is 2.75. The third-order valence-electron chi connectivity index (χ3n) is 5.16. The van der Waals surface area contributed by atoms with E-state index >= 15 is 0 Å². The van der Waals surface area contributed by atoms with Gasteiger partial charge in [-0.2, -0.15) is 0 Å². The fraction of sp³-hybridized carbons (Fsp3) is 0.231. The second-order valence-corrected chi connectivity index (χ2v) is 8.20. The van der Waals surface area contributed by atoms with Crippen molar-refractivity contribution in [2.75, 3.05) is 0 Å². The smallest absolute Gasteiger partial charge is 0.222 e. The Hall–Kier alpha value is -2.82. The molecular weight excluding hydrogens is 439 g/mol. The van der Waals surface area contributed by atoms with Crippen molar-refractivity contribution in [1.29, 1.82) is 0 Å². The molecule has 1 aliphatic carbocycles. The van der Waals surface area contributed by atoms with Gasteiger partial charge in [-0.05, 0) is 73.5 Å². The maximum Gasteiger partial charge on any atom is 0.222 e. The van der Waals surface area contributed by atoms with E-state index in [9.17, 15) is 0 Å². The molecule has 1 saturated carbocycles. The predicted octanol–water partition coefficient (Wildman–Crippen LogP) is 7.22. The molecule has 0 N–H and O–H groups in total. The summed E-state index contributed by atoms with van der Waals surface area (Å²) in [6.07, 6.45) is 4.05. The highest BCUT2D eigenvalue weighted by atomic mass is 35.5. The monoisotopic (exact) mass is 464 g/mol. The van der Waals surface area contributed by atoms with Crippen LogP contribution in [0.25, 0.3) is 0 Å². The summed E-state index contributed by atoms with van der Waals surface area (Å²) in [6, 6.07) is 26.5. The van der Waals surface area contributed by atoms with Gasteiger partial charge >= 0.3 is 0 Å². The highest BCUT2D eigenvalue weighted by Crippen LogP contribution is 2.48. The molecule has 0 amide bonds. The number of rotatable bonds is 2. The van der Waals surface area contributed by atoms with Crippen molar-refractivity contribution in [2.24, 2.45) is 0 Å². The second kappa shape index (κ2) is 12.3. The third kappa shape index (κ3) is 7.40. The van der Waals surface area contributed by atoms with Crippen LogP contribution in [0.4, 0.5) is 0 Å². The molecule has 1 aliphatic rings. The Balaban J connectivity index is 0.000000169. The van der Waals surface area contributed by atoms with E-state index < -0.39 is 0 Å². The lowest BCUT2D eigenvalue weighted by atomic mass is 9.68. The van der Waals surface area contributed by atoms with E-state index in [1.54, 1.807) is 12.3 Å². The van der Waals surface area contributed by atoms with Gasteiger partial charge in [-0.3, -0.25) is 0 Å². The van der Waals surface area contributed by atoms with Crippen LogP contribution in [0.1, 0.15) is 47.3 Å². The summed E-state index contributed by atoms with van der Waals surface area (Å²) in [5.41, 5.74) is 4.34. The van der Waals surface area contributed by atoms with Crippen molar-refractivity contribution in [3.8, 4) is 0 Å². The molecule has 4 nitrogen and oxygen atoms in total. The normalized spacial score (nSPS) is 16.5. The number of hydrogen-bond acceptors (Lipinski definition) is 4. The van der Waals surface area contributed by atoms with Crippen LogP contribution >= 0.6 is 23.2 Å². The molecule has 1 fully saturated rings. The SMILES string of the molecule is Cc1cc(C2CCC2c2ccccc2)nc(Cl)n1.Cc1ccnc(Cl)n1.c1ccccc1. The summed E-state index contributed by atoms with van der Waals surface area (Å²) in [5, 5.41) is 0.675. The highest BCUT2D eigenvalue weighted by Gasteiger charge is 2.34. The third-order valence-corrected chi connectivity index (χ3v) is 5.51. The first-order chi connectivity index (χ1) is 15.5. The first-order valence-electron chi connectivity index (χ1n) is 10.5. The number of benzene rings is 2. The maximum atomic E-state index is 5.95. The molecule has 2 unspecified atom stereocenters.